The van der Waals surface area contributed by atoms with Crippen molar-refractivity contribution in [1.29, 1.82) is 0 Å². The minimum atomic E-state index is -0.706. The van der Waals surface area contributed by atoms with Gasteiger partial charge in [0.2, 0.25) is 0 Å². The average molecular weight is 253 g/mol. The monoisotopic (exact) mass is 253 g/mol. The zero-order valence-electron chi connectivity index (χ0n) is 10.2. The van der Waals surface area contributed by atoms with Gasteiger partial charge >= 0.3 is 0 Å². The summed E-state index contributed by atoms with van der Waals surface area (Å²) in [5.74, 6) is -1.29. The first-order valence-corrected chi connectivity index (χ1v) is 5.95. The van der Waals surface area contributed by atoms with Gasteiger partial charge in [0.1, 0.15) is 11.6 Å². The summed E-state index contributed by atoms with van der Waals surface area (Å²) < 4.78 is 18.8. The van der Waals surface area contributed by atoms with Gasteiger partial charge in [-0.05, 0) is 31.4 Å². The molecule has 1 heterocycles. The summed E-state index contributed by atoms with van der Waals surface area (Å²) in [7, 11) is 0. The molecule has 1 aliphatic heterocycles. The van der Waals surface area contributed by atoms with Crippen molar-refractivity contribution < 1.29 is 19.0 Å². The summed E-state index contributed by atoms with van der Waals surface area (Å²) in [6.45, 7) is 2.85. The number of benzene rings is 1. The molecule has 4 nitrogen and oxygen atoms in total. The van der Waals surface area contributed by atoms with Crippen LogP contribution in [0.15, 0.2) is 12.1 Å². The summed E-state index contributed by atoms with van der Waals surface area (Å²) in [6.07, 6.45) is 1.48. The van der Waals surface area contributed by atoms with Crippen LogP contribution in [-0.4, -0.2) is 30.3 Å². The molecule has 1 amide bonds. The molecule has 2 N–H and O–H groups in total. The Kier molecular flexibility index (Phi) is 3.81. The normalized spacial score (nSPS) is 16.6. The third-order valence-electron chi connectivity index (χ3n) is 3.09. The number of hydrogen-bond donors (Lipinski definition) is 2. The van der Waals surface area contributed by atoms with E-state index in [1.165, 1.54) is 6.07 Å². The van der Waals surface area contributed by atoms with E-state index in [1.807, 2.05) is 0 Å². The summed E-state index contributed by atoms with van der Waals surface area (Å²) >= 11 is 0. The number of amides is 1. The molecule has 1 aromatic carbocycles. The van der Waals surface area contributed by atoms with Crippen molar-refractivity contribution in [3.8, 4) is 5.75 Å². The molecule has 0 saturated carbocycles. The molecule has 1 fully saturated rings. The molecule has 0 aromatic heterocycles. The Balaban J connectivity index is 2.10. The van der Waals surface area contributed by atoms with Gasteiger partial charge < -0.3 is 15.2 Å². The molecule has 1 aromatic rings. The number of rotatable bonds is 2. The largest absolute Gasteiger partial charge is 0.508 e. The zero-order valence-corrected chi connectivity index (χ0v) is 10.2. The van der Waals surface area contributed by atoms with Crippen LogP contribution in [0.3, 0.4) is 0 Å². The van der Waals surface area contributed by atoms with Crippen molar-refractivity contribution in [3.63, 3.8) is 0 Å². The Bertz CT molecular complexity index is 456. The minimum absolute atomic E-state index is 0.0276. The van der Waals surface area contributed by atoms with E-state index >= 15 is 0 Å². The Hall–Kier alpha value is -1.62. The molecule has 0 spiro atoms. The van der Waals surface area contributed by atoms with Crippen molar-refractivity contribution in [3.05, 3.63) is 29.1 Å². The molecule has 0 bridgehead atoms. The highest BCUT2D eigenvalue weighted by Crippen LogP contribution is 2.21. The number of ether oxygens (including phenoxy) is 1. The molecule has 1 aliphatic rings. The standard InChI is InChI=1S/C13H16FNO3/c1-8-6-10(11(14)7-12(8)16)13(17)15-9-2-4-18-5-3-9/h6-7,9,16H,2-5H2,1H3,(H,15,17). The number of carbonyl (C=O) groups excluding carboxylic acids is 1. The summed E-state index contributed by atoms with van der Waals surface area (Å²) in [5.41, 5.74) is 0.449. The van der Waals surface area contributed by atoms with Crippen LogP contribution in [0.25, 0.3) is 0 Å². The molecule has 98 valence electrons. The Morgan fingerprint density at radius 3 is 2.78 bits per heavy atom. The average Bonchev–Trinajstić information content (AvgIpc) is 2.35. The highest BCUT2D eigenvalue weighted by atomic mass is 19.1. The molecule has 2 rings (SSSR count). The molecule has 0 aliphatic carbocycles. The van der Waals surface area contributed by atoms with Crippen LogP contribution >= 0.6 is 0 Å². The Labute approximate surface area is 105 Å². The third-order valence-corrected chi connectivity index (χ3v) is 3.09. The van der Waals surface area contributed by atoms with Crippen LogP contribution in [-0.2, 0) is 4.74 Å². The first kappa shape index (κ1) is 12.8. The van der Waals surface area contributed by atoms with Gasteiger partial charge in [0.05, 0.1) is 5.56 Å². The molecular weight excluding hydrogens is 237 g/mol. The first-order chi connectivity index (χ1) is 8.58. The highest BCUT2D eigenvalue weighted by molar-refractivity contribution is 5.95. The smallest absolute Gasteiger partial charge is 0.254 e. The van der Waals surface area contributed by atoms with Crippen LogP contribution in [0, 0.1) is 12.7 Å². The number of hydrogen-bond acceptors (Lipinski definition) is 3. The number of phenols is 1. The Morgan fingerprint density at radius 1 is 1.44 bits per heavy atom. The van der Waals surface area contributed by atoms with E-state index in [9.17, 15) is 14.3 Å². The van der Waals surface area contributed by atoms with Crippen LogP contribution in [0.1, 0.15) is 28.8 Å². The van der Waals surface area contributed by atoms with Crippen molar-refractivity contribution in [1.82, 2.24) is 5.32 Å². The van der Waals surface area contributed by atoms with E-state index in [4.69, 9.17) is 4.74 Å². The fourth-order valence-electron chi connectivity index (χ4n) is 1.95. The minimum Gasteiger partial charge on any atom is -0.508 e. The number of carbonyl (C=O) groups is 1. The quantitative estimate of drug-likeness (QED) is 0.844. The van der Waals surface area contributed by atoms with Crippen molar-refractivity contribution in [2.45, 2.75) is 25.8 Å². The molecule has 0 radical (unpaired) electrons. The molecule has 1 saturated heterocycles. The highest BCUT2D eigenvalue weighted by Gasteiger charge is 2.19. The SMILES string of the molecule is Cc1cc(C(=O)NC2CCOCC2)c(F)cc1O. The lowest BCUT2D eigenvalue weighted by Crippen LogP contribution is -2.39. The van der Waals surface area contributed by atoms with Gasteiger partial charge in [0.25, 0.3) is 5.91 Å². The van der Waals surface area contributed by atoms with Gasteiger partial charge in [-0.2, -0.15) is 0 Å². The first-order valence-electron chi connectivity index (χ1n) is 5.95. The second-order valence-electron chi connectivity index (χ2n) is 4.48. The zero-order chi connectivity index (χ0) is 13.1. The molecule has 5 heteroatoms. The van der Waals surface area contributed by atoms with E-state index in [2.05, 4.69) is 5.32 Å². The maximum atomic E-state index is 13.6. The number of phenolic OH excluding ortho intramolecular Hbond substituents is 1. The second-order valence-corrected chi connectivity index (χ2v) is 4.48. The predicted octanol–water partition coefficient (Wildman–Crippen LogP) is 1.75. The van der Waals surface area contributed by atoms with Gasteiger partial charge in [-0.15, -0.1) is 0 Å². The van der Waals surface area contributed by atoms with Crippen LogP contribution in [0.2, 0.25) is 0 Å². The second kappa shape index (κ2) is 5.35. The van der Waals surface area contributed by atoms with Gasteiger partial charge in [-0.25, -0.2) is 4.39 Å². The van der Waals surface area contributed by atoms with E-state index in [0.717, 1.165) is 18.9 Å². The maximum Gasteiger partial charge on any atom is 0.254 e. The van der Waals surface area contributed by atoms with Crippen LogP contribution < -0.4 is 5.32 Å². The Morgan fingerprint density at radius 2 is 2.11 bits per heavy atom. The lowest BCUT2D eigenvalue weighted by atomic mass is 10.1. The predicted molar refractivity (Wildman–Crippen MR) is 64.1 cm³/mol. The van der Waals surface area contributed by atoms with E-state index < -0.39 is 11.7 Å². The fourth-order valence-corrected chi connectivity index (χ4v) is 1.95. The summed E-state index contributed by atoms with van der Waals surface area (Å²) in [5, 5.41) is 12.1. The van der Waals surface area contributed by atoms with Crippen LogP contribution in [0.5, 0.6) is 5.75 Å². The van der Waals surface area contributed by atoms with E-state index in [0.29, 0.717) is 18.8 Å². The lowest BCUT2D eigenvalue weighted by Gasteiger charge is -2.23. The van der Waals surface area contributed by atoms with Gasteiger partial charge in [-0.1, -0.05) is 0 Å². The molecule has 0 unspecified atom stereocenters. The number of halogens is 1. The number of aryl methyl sites for hydroxylation is 1. The lowest BCUT2D eigenvalue weighted by molar-refractivity contribution is 0.0694. The van der Waals surface area contributed by atoms with E-state index in [1.54, 1.807) is 6.92 Å². The molecular formula is C13H16FNO3. The number of nitrogens with one attached hydrogen (secondary N) is 1. The summed E-state index contributed by atoms with van der Waals surface area (Å²) in [4.78, 5) is 11.9. The summed E-state index contributed by atoms with van der Waals surface area (Å²) in [6, 6.07) is 2.35. The van der Waals surface area contributed by atoms with Crippen LogP contribution in [0.4, 0.5) is 4.39 Å². The van der Waals surface area contributed by atoms with Crippen molar-refractivity contribution in [2.75, 3.05) is 13.2 Å². The van der Waals surface area contributed by atoms with Gasteiger partial charge in [0, 0.05) is 25.3 Å². The maximum absolute atomic E-state index is 13.6. The molecule has 18 heavy (non-hydrogen) atoms. The fraction of sp³-hybridized carbons (Fsp3) is 0.462. The topological polar surface area (TPSA) is 58.6 Å². The van der Waals surface area contributed by atoms with Gasteiger partial charge in [0.15, 0.2) is 0 Å². The molecule has 0 atom stereocenters. The van der Waals surface area contributed by atoms with Gasteiger partial charge in [-0.3, -0.25) is 4.79 Å². The number of aromatic hydroxyl groups is 1. The third kappa shape index (κ3) is 2.79. The van der Waals surface area contributed by atoms with Crippen molar-refractivity contribution in [2.24, 2.45) is 0 Å². The van der Waals surface area contributed by atoms with Crippen molar-refractivity contribution >= 4 is 5.91 Å². The van der Waals surface area contributed by atoms with E-state index in [-0.39, 0.29) is 17.4 Å².